The minimum Gasteiger partial charge on any atom is -0.393 e. The van der Waals surface area contributed by atoms with E-state index in [4.69, 9.17) is 0 Å². The van der Waals surface area contributed by atoms with Gasteiger partial charge in [-0.05, 0) is 12.0 Å². The second-order valence-electron chi connectivity index (χ2n) is 3.03. The lowest BCUT2D eigenvalue weighted by atomic mass is 10.1. The third-order valence-electron chi connectivity index (χ3n) is 1.97. The van der Waals surface area contributed by atoms with Crippen molar-refractivity contribution in [3.05, 3.63) is 48.3 Å². The van der Waals surface area contributed by atoms with E-state index in [0.29, 0.717) is 0 Å². The van der Waals surface area contributed by atoms with E-state index in [9.17, 15) is 0 Å². The maximum Gasteiger partial charge on any atom is 0.0676 e. The Balaban J connectivity index is 2.67. The molecule has 80 valence electrons. The summed E-state index contributed by atoms with van der Waals surface area (Å²) >= 11 is 0. The van der Waals surface area contributed by atoms with Crippen LogP contribution >= 0.6 is 0 Å². The lowest BCUT2D eigenvalue weighted by Crippen LogP contribution is -2.06. The summed E-state index contributed by atoms with van der Waals surface area (Å²) in [4.78, 5) is 0. The van der Waals surface area contributed by atoms with Gasteiger partial charge in [0.2, 0.25) is 0 Å². The quantitative estimate of drug-likeness (QED) is 0.568. The molecule has 0 amide bonds. The van der Waals surface area contributed by atoms with Gasteiger partial charge >= 0.3 is 0 Å². The summed E-state index contributed by atoms with van der Waals surface area (Å²) < 4.78 is 0. The van der Waals surface area contributed by atoms with E-state index in [1.165, 1.54) is 0 Å². The highest BCUT2D eigenvalue weighted by atomic mass is 15.3. The van der Waals surface area contributed by atoms with Gasteiger partial charge in [0.1, 0.15) is 0 Å². The standard InChI is InChI=1S/C12H17N3/c1-3-12(15-14-10-9-13-2)11-7-5-4-6-8-11/h4-10,13-14H,3H2,1-2H3/b10-9-,15-12+. The van der Waals surface area contributed by atoms with Crippen LogP contribution in [0.2, 0.25) is 0 Å². The molecule has 0 atom stereocenters. The van der Waals surface area contributed by atoms with Crippen LogP contribution in [0.4, 0.5) is 0 Å². The number of benzene rings is 1. The molecule has 0 aromatic heterocycles. The number of hydrogen-bond donors (Lipinski definition) is 2. The van der Waals surface area contributed by atoms with Crippen LogP contribution < -0.4 is 10.7 Å². The Morgan fingerprint density at radius 2 is 2.00 bits per heavy atom. The van der Waals surface area contributed by atoms with Gasteiger partial charge in [0, 0.05) is 19.4 Å². The van der Waals surface area contributed by atoms with E-state index in [-0.39, 0.29) is 0 Å². The zero-order valence-electron chi connectivity index (χ0n) is 9.20. The van der Waals surface area contributed by atoms with E-state index >= 15 is 0 Å². The third-order valence-corrected chi connectivity index (χ3v) is 1.97. The zero-order chi connectivity index (χ0) is 10.9. The minimum atomic E-state index is 0.907. The van der Waals surface area contributed by atoms with Crippen LogP contribution in [0.1, 0.15) is 18.9 Å². The highest BCUT2D eigenvalue weighted by molar-refractivity contribution is 6.00. The van der Waals surface area contributed by atoms with Crippen molar-refractivity contribution in [1.29, 1.82) is 0 Å². The van der Waals surface area contributed by atoms with Crippen LogP contribution in [0.15, 0.2) is 47.8 Å². The monoisotopic (exact) mass is 203 g/mol. The Kier molecular flexibility index (Phi) is 5.01. The molecule has 0 unspecified atom stereocenters. The Hall–Kier alpha value is -1.77. The van der Waals surface area contributed by atoms with Crippen LogP contribution in [-0.2, 0) is 0 Å². The predicted octanol–water partition coefficient (Wildman–Crippen LogP) is 2.08. The Bertz CT molecular complexity index is 328. The van der Waals surface area contributed by atoms with E-state index in [0.717, 1.165) is 17.7 Å². The highest BCUT2D eigenvalue weighted by Gasteiger charge is 1.98. The van der Waals surface area contributed by atoms with Gasteiger partial charge in [0.25, 0.3) is 0 Å². The van der Waals surface area contributed by atoms with E-state index in [2.05, 4.69) is 34.9 Å². The average Bonchev–Trinajstić information content (AvgIpc) is 2.30. The SMILES string of the molecule is CC/C(=N\N/C=C\NC)c1ccccc1. The molecule has 0 bridgehead atoms. The molecule has 0 spiro atoms. The number of nitrogens with one attached hydrogen (secondary N) is 2. The van der Waals surface area contributed by atoms with Gasteiger partial charge in [-0.1, -0.05) is 37.3 Å². The van der Waals surface area contributed by atoms with Crippen molar-refractivity contribution in [2.75, 3.05) is 7.05 Å². The number of nitrogens with zero attached hydrogens (tertiary/aromatic N) is 1. The molecule has 0 aliphatic heterocycles. The number of hydrazone groups is 1. The molecule has 3 nitrogen and oxygen atoms in total. The first kappa shape index (κ1) is 11.3. The topological polar surface area (TPSA) is 36.4 Å². The third kappa shape index (κ3) is 3.85. The van der Waals surface area contributed by atoms with Crippen LogP contribution in [0, 0.1) is 0 Å². The molecule has 3 heteroatoms. The summed E-state index contributed by atoms with van der Waals surface area (Å²) in [5.74, 6) is 0. The van der Waals surface area contributed by atoms with Crippen molar-refractivity contribution >= 4 is 5.71 Å². The maximum absolute atomic E-state index is 4.29. The summed E-state index contributed by atoms with van der Waals surface area (Å²) in [6, 6.07) is 10.2. The predicted molar refractivity (Wildman–Crippen MR) is 64.6 cm³/mol. The fourth-order valence-electron chi connectivity index (χ4n) is 1.21. The van der Waals surface area contributed by atoms with Crippen LogP contribution in [0.5, 0.6) is 0 Å². The van der Waals surface area contributed by atoms with Gasteiger partial charge in [-0.3, -0.25) is 5.43 Å². The van der Waals surface area contributed by atoms with Crippen molar-refractivity contribution in [3.63, 3.8) is 0 Å². The summed E-state index contributed by atoms with van der Waals surface area (Å²) in [6.45, 7) is 2.09. The van der Waals surface area contributed by atoms with Crippen LogP contribution in [-0.4, -0.2) is 12.8 Å². The van der Waals surface area contributed by atoms with Crippen LogP contribution in [0.25, 0.3) is 0 Å². The smallest absolute Gasteiger partial charge is 0.0676 e. The average molecular weight is 203 g/mol. The summed E-state index contributed by atoms with van der Waals surface area (Å²) in [6.07, 6.45) is 4.46. The number of hydrogen-bond acceptors (Lipinski definition) is 3. The molecule has 0 saturated carbocycles. The van der Waals surface area contributed by atoms with Crippen molar-refractivity contribution in [1.82, 2.24) is 10.7 Å². The van der Waals surface area contributed by atoms with Crippen LogP contribution in [0.3, 0.4) is 0 Å². The fraction of sp³-hybridized carbons (Fsp3) is 0.250. The summed E-state index contributed by atoms with van der Waals surface area (Å²) in [7, 11) is 1.85. The lowest BCUT2D eigenvalue weighted by Gasteiger charge is -2.02. The highest BCUT2D eigenvalue weighted by Crippen LogP contribution is 2.03. The molecular formula is C12H17N3. The van der Waals surface area contributed by atoms with Gasteiger partial charge < -0.3 is 5.32 Å². The lowest BCUT2D eigenvalue weighted by molar-refractivity contribution is 0.933. The van der Waals surface area contributed by atoms with Gasteiger partial charge in [0.05, 0.1) is 5.71 Å². The Morgan fingerprint density at radius 3 is 2.60 bits per heavy atom. The van der Waals surface area contributed by atoms with Crippen molar-refractivity contribution in [2.45, 2.75) is 13.3 Å². The van der Waals surface area contributed by atoms with Gasteiger partial charge in [-0.2, -0.15) is 5.10 Å². The molecule has 1 aromatic rings. The molecular weight excluding hydrogens is 186 g/mol. The summed E-state index contributed by atoms with van der Waals surface area (Å²) in [5.41, 5.74) is 5.09. The molecule has 0 saturated heterocycles. The second-order valence-corrected chi connectivity index (χ2v) is 3.03. The second kappa shape index (κ2) is 6.65. The largest absolute Gasteiger partial charge is 0.393 e. The van der Waals surface area contributed by atoms with Gasteiger partial charge in [-0.25, -0.2) is 0 Å². The Morgan fingerprint density at radius 1 is 1.27 bits per heavy atom. The van der Waals surface area contributed by atoms with E-state index in [1.54, 1.807) is 12.4 Å². The molecule has 1 aromatic carbocycles. The van der Waals surface area contributed by atoms with Gasteiger partial charge in [0.15, 0.2) is 0 Å². The first-order valence-electron chi connectivity index (χ1n) is 5.08. The Labute approximate surface area is 90.9 Å². The molecule has 0 heterocycles. The normalized spacial score (nSPS) is 11.7. The number of rotatable bonds is 5. The molecule has 0 fully saturated rings. The molecule has 0 radical (unpaired) electrons. The molecule has 2 N–H and O–H groups in total. The first-order chi connectivity index (χ1) is 7.38. The summed E-state index contributed by atoms with van der Waals surface area (Å²) in [5, 5.41) is 7.18. The first-order valence-corrected chi connectivity index (χ1v) is 5.08. The van der Waals surface area contributed by atoms with Gasteiger partial charge in [-0.15, -0.1) is 0 Å². The molecule has 0 aliphatic rings. The van der Waals surface area contributed by atoms with E-state index < -0.39 is 0 Å². The maximum atomic E-state index is 4.29. The molecule has 0 aliphatic carbocycles. The van der Waals surface area contributed by atoms with Crippen molar-refractivity contribution in [2.24, 2.45) is 5.10 Å². The van der Waals surface area contributed by atoms with E-state index in [1.807, 2.05) is 25.2 Å². The minimum absolute atomic E-state index is 0.907. The molecule has 1 rings (SSSR count). The molecule has 15 heavy (non-hydrogen) atoms. The van der Waals surface area contributed by atoms with Crippen molar-refractivity contribution in [3.8, 4) is 0 Å². The fourth-order valence-corrected chi connectivity index (χ4v) is 1.21. The van der Waals surface area contributed by atoms with Crippen molar-refractivity contribution < 1.29 is 0 Å². The zero-order valence-corrected chi connectivity index (χ0v) is 9.20.